The number of carbonyl (C=O) groups excluding carboxylic acids is 1. The van der Waals surface area contributed by atoms with E-state index in [1.807, 2.05) is 19.9 Å². The molecule has 0 fully saturated rings. The first kappa shape index (κ1) is 26.4. The van der Waals surface area contributed by atoms with Crippen LogP contribution in [-0.4, -0.2) is 41.8 Å². The van der Waals surface area contributed by atoms with Crippen LogP contribution < -0.4 is 11.2 Å². The number of benzene rings is 1. The van der Waals surface area contributed by atoms with Gasteiger partial charge in [-0.05, 0) is 49.7 Å². The Morgan fingerprint density at radius 1 is 1.26 bits per heavy atom. The third kappa shape index (κ3) is 4.93. The topological polar surface area (TPSA) is 84.4 Å². The third-order valence-electron chi connectivity index (χ3n) is 6.62. The Bertz CT molecular complexity index is 1350. The van der Waals surface area contributed by atoms with Crippen molar-refractivity contribution in [3.05, 3.63) is 59.9 Å². The highest BCUT2D eigenvalue weighted by molar-refractivity contribution is 7.18. The Labute approximate surface area is 209 Å². The van der Waals surface area contributed by atoms with Gasteiger partial charge < -0.3 is 14.3 Å². The molecule has 0 aliphatic heterocycles. The molecule has 0 saturated carbocycles. The normalized spacial score (nSPS) is 12.5. The zero-order chi connectivity index (χ0) is 25.6. The average Bonchev–Trinajstić information content (AvgIpc) is 3.11. The summed E-state index contributed by atoms with van der Waals surface area (Å²) in [6.45, 7) is 14.8. The monoisotopic (exact) mass is 521 g/mol. The lowest BCUT2D eigenvalue weighted by Gasteiger charge is -2.36. The fourth-order valence-electron chi connectivity index (χ4n) is 3.17. The van der Waals surface area contributed by atoms with Crippen molar-refractivity contribution in [2.45, 2.75) is 65.4 Å². The average molecular weight is 522 g/mol. The number of nitrogens with one attached hydrogen (secondary N) is 1. The van der Waals surface area contributed by atoms with Gasteiger partial charge in [0.25, 0.3) is 11.5 Å². The summed E-state index contributed by atoms with van der Waals surface area (Å²) in [4.78, 5) is 44.0. The maximum Gasteiger partial charge on any atom is 0.333 e. The fraction of sp³-hybridized carbons (Fsp3) is 0.458. The van der Waals surface area contributed by atoms with E-state index in [0.29, 0.717) is 21.3 Å². The summed E-state index contributed by atoms with van der Waals surface area (Å²) in [5.74, 6) is -0.220. The maximum absolute atomic E-state index is 13.6. The van der Waals surface area contributed by atoms with Crippen LogP contribution in [0, 0.1) is 0 Å². The van der Waals surface area contributed by atoms with Crippen molar-refractivity contribution in [3.8, 4) is 5.69 Å². The first-order valence-corrected chi connectivity index (χ1v) is 15.2. The number of amides is 1. The number of rotatable bonds is 6. The van der Waals surface area contributed by atoms with Gasteiger partial charge in [-0.15, -0.1) is 11.3 Å². The third-order valence-corrected chi connectivity index (χ3v) is 12.4. The number of aromatic amines is 1. The zero-order valence-electron chi connectivity index (χ0n) is 20.9. The second-order valence-corrected chi connectivity index (χ2v) is 16.7. The molecule has 3 rings (SSSR count). The summed E-state index contributed by atoms with van der Waals surface area (Å²) in [5, 5.41) is 0.387. The van der Waals surface area contributed by atoms with Gasteiger partial charge in [0.05, 0.1) is 28.1 Å². The Morgan fingerprint density at radius 2 is 1.91 bits per heavy atom. The summed E-state index contributed by atoms with van der Waals surface area (Å²) in [6, 6.07) is 6.82. The summed E-state index contributed by atoms with van der Waals surface area (Å²) in [5.41, 5.74) is 0.213. The first-order chi connectivity index (χ1) is 15.7. The number of hydrogen-bond donors (Lipinski definition) is 1. The zero-order valence-corrected chi connectivity index (χ0v) is 23.5. The number of hydrogen-bond acceptors (Lipinski definition) is 5. The van der Waals surface area contributed by atoms with Gasteiger partial charge in [-0.2, -0.15) is 0 Å². The van der Waals surface area contributed by atoms with Gasteiger partial charge in [0.15, 0.2) is 8.32 Å². The second kappa shape index (κ2) is 9.45. The van der Waals surface area contributed by atoms with Crippen LogP contribution in [0.3, 0.4) is 0 Å². The quantitative estimate of drug-likeness (QED) is 0.440. The molecule has 7 nitrogen and oxygen atoms in total. The van der Waals surface area contributed by atoms with Gasteiger partial charge in [0.2, 0.25) is 0 Å². The number of H-pyrrole nitrogens is 1. The van der Waals surface area contributed by atoms with E-state index in [0.717, 1.165) is 15.9 Å². The van der Waals surface area contributed by atoms with Gasteiger partial charge in [-0.3, -0.25) is 9.59 Å². The van der Waals surface area contributed by atoms with E-state index >= 15 is 0 Å². The molecule has 10 heteroatoms. The molecular weight excluding hydrogens is 490 g/mol. The van der Waals surface area contributed by atoms with Crippen LogP contribution in [0.25, 0.3) is 16.6 Å². The van der Waals surface area contributed by atoms with Crippen LogP contribution in [0.5, 0.6) is 0 Å². The lowest BCUT2D eigenvalue weighted by molar-refractivity contribution is 0.0760. The minimum atomic E-state index is -2.06. The molecule has 2 aromatic heterocycles. The number of halogens is 1. The fourth-order valence-corrected chi connectivity index (χ4v) is 5.36. The van der Waals surface area contributed by atoms with E-state index < -0.39 is 19.6 Å². The highest BCUT2D eigenvalue weighted by Gasteiger charge is 2.37. The maximum atomic E-state index is 13.6. The number of thiophene rings is 1. The van der Waals surface area contributed by atoms with Crippen molar-refractivity contribution in [2.75, 3.05) is 7.05 Å². The standard InChI is InChI=1S/C24H32ClN3O4SSi/c1-14(2)27(6)21(29)18-12-17(20(25)33-18)28-22(30)19-15(10-9-11-16(19)26-23(28)31)13-32-34(7,8)24(3,4)5/h9-12,14H,13H2,1-8H3,(H,26,31). The molecule has 0 unspecified atom stereocenters. The Hall–Kier alpha value is -2.20. The van der Waals surface area contributed by atoms with Crippen LogP contribution in [0.4, 0.5) is 0 Å². The first-order valence-electron chi connectivity index (χ1n) is 11.1. The summed E-state index contributed by atoms with van der Waals surface area (Å²) in [6.07, 6.45) is 0. The molecule has 1 amide bonds. The van der Waals surface area contributed by atoms with Crippen molar-refractivity contribution < 1.29 is 9.22 Å². The van der Waals surface area contributed by atoms with Crippen LogP contribution in [0.15, 0.2) is 33.9 Å². The van der Waals surface area contributed by atoms with Crippen LogP contribution in [-0.2, 0) is 11.0 Å². The Morgan fingerprint density at radius 3 is 2.50 bits per heavy atom. The van der Waals surface area contributed by atoms with Gasteiger partial charge >= 0.3 is 5.69 Å². The van der Waals surface area contributed by atoms with Gasteiger partial charge in [-0.25, -0.2) is 9.36 Å². The Balaban J connectivity index is 2.13. The van der Waals surface area contributed by atoms with Crippen molar-refractivity contribution in [2.24, 2.45) is 0 Å². The Kier molecular flexibility index (Phi) is 7.34. The summed E-state index contributed by atoms with van der Waals surface area (Å²) in [7, 11) is -0.363. The SMILES string of the molecule is CC(C)N(C)C(=O)c1cc(-n2c(=O)[nH]c3cccc(CO[Si](C)(C)C(C)(C)C)c3c2=O)c(Cl)s1. The minimum Gasteiger partial charge on any atom is -0.413 e. The smallest absolute Gasteiger partial charge is 0.333 e. The molecule has 0 saturated heterocycles. The van der Waals surface area contributed by atoms with Crippen molar-refractivity contribution >= 4 is 48.1 Å². The van der Waals surface area contributed by atoms with E-state index in [1.165, 1.54) is 6.07 Å². The van der Waals surface area contributed by atoms with Crippen LogP contribution in [0.2, 0.25) is 22.5 Å². The largest absolute Gasteiger partial charge is 0.413 e. The molecule has 1 N–H and O–H groups in total. The van der Waals surface area contributed by atoms with Crippen molar-refractivity contribution in [3.63, 3.8) is 0 Å². The molecule has 34 heavy (non-hydrogen) atoms. The van der Waals surface area contributed by atoms with Gasteiger partial charge in [-0.1, -0.05) is 44.5 Å². The lowest BCUT2D eigenvalue weighted by atomic mass is 10.1. The van der Waals surface area contributed by atoms with E-state index in [1.54, 1.807) is 24.1 Å². The van der Waals surface area contributed by atoms with E-state index in [-0.39, 0.29) is 33.6 Å². The number of fused-ring (bicyclic) bond motifs is 1. The predicted molar refractivity (Wildman–Crippen MR) is 142 cm³/mol. The lowest BCUT2D eigenvalue weighted by Crippen LogP contribution is -2.40. The van der Waals surface area contributed by atoms with Gasteiger partial charge in [0.1, 0.15) is 4.34 Å². The molecule has 0 bridgehead atoms. The van der Waals surface area contributed by atoms with Crippen molar-refractivity contribution in [1.29, 1.82) is 0 Å². The van der Waals surface area contributed by atoms with Crippen LogP contribution in [0.1, 0.15) is 49.9 Å². The molecule has 0 aliphatic rings. The molecule has 2 heterocycles. The summed E-state index contributed by atoms with van der Waals surface area (Å²) >= 11 is 7.48. The van der Waals surface area contributed by atoms with Gasteiger partial charge in [0, 0.05) is 13.1 Å². The molecule has 1 aromatic carbocycles. The molecule has 0 spiro atoms. The molecular formula is C24H32ClN3O4SSi. The second-order valence-electron chi connectivity index (χ2n) is 10.2. The molecule has 3 aromatic rings. The van der Waals surface area contributed by atoms with Crippen molar-refractivity contribution in [1.82, 2.24) is 14.5 Å². The molecule has 0 atom stereocenters. The molecule has 184 valence electrons. The highest BCUT2D eigenvalue weighted by Crippen LogP contribution is 2.37. The summed E-state index contributed by atoms with van der Waals surface area (Å²) < 4.78 is 7.55. The number of nitrogens with zero attached hydrogens (tertiary/aromatic N) is 2. The molecule has 0 aliphatic carbocycles. The van der Waals surface area contributed by atoms with E-state index in [2.05, 4.69) is 38.8 Å². The predicted octanol–water partition coefficient (Wildman–Crippen LogP) is 5.40. The van der Waals surface area contributed by atoms with E-state index in [4.69, 9.17) is 16.0 Å². The highest BCUT2D eigenvalue weighted by atomic mass is 35.5. The number of carbonyl (C=O) groups is 1. The molecule has 0 radical (unpaired) electrons. The minimum absolute atomic E-state index is 0.00734. The number of aromatic nitrogens is 2. The van der Waals surface area contributed by atoms with E-state index in [9.17, 15) is 14.4 Å². The van der Waals surface area contributed by atoms with Crippen LogP contribution >= 0.6 is 22.9 Å².